The number of carbonyl (C=O) groups excluding carboxylic acids is 1. The van der Waals surface area contributed by atoms with Gasteiger partial charge in [0.15, 0.2) is 0 Å². The van der Waals surface area contributed by atoms with Gasteiger partial charge < -0.3 is 10.0 Å². The quantitative estimate of drug-likeness (QED) is 0.741. The molecular formula is C24H21NO3. The van der Waals surface area contributed by atoms with E-state index in [0.29, 0.717) is 5.56 Å². The Balaban J connectivity index is 1.83. The summed E-state index contributed by atoms with van der Waals surface area (Å²) in [6.07, 6.45) is 0. The van der Waals surface area contributed by atoms with Crippen molar-refractivity contribution in [3.8, 4) is 0 Å². The van der Waals surface area contributed by atoms with Gasteiger partial charge in [0.25, 0.3) is 5.91 Å². The number of rotatable bonds is 4. The average molecular weight is 371 g/mol. The summed E-state index contributed by atoms with van der Waals surface area (Å²) in [4.78, 5) is 27.2. The number of benzene rings is 3. The maximum atomic E-state index is 13.3. The highest BCUT2D eigenvalue weighted by atomic mass is 16.4. The molecule has 3 unspecified atom stereocenters. The molecule has 1 aliphatic heterocycles. The molecule has 0 radical (unpaired) electrons. The molecule has 4 heteroatoms. The molecule has 1 fully saturated rings. The fourth-order valence-electron chi connectivity index (χ4n) is 4.17. The highest BCUT2D eigenvalue weighted by molar-refractivity contribution is 5.95. The number of aliphatic carboxylic acids is 1. The Labute approximate surface area is 164 Å². The lowest BCUT2D eigenvalue weighted by atomic mass is 9.81. The monoisotopic (exact) mass is 371 g/mol. The molecule has 28 heavy (non-hydrogen) atoms. The average Bonchev–Trinajstić information content (AvgIpc) is 3.16. The first-order chi connectivity index (χ1) is 13.7. The lowest BCUT2D eigenvalue weighted by molar-refractivity contribution is -0.141. The van der Waals surface area contributed by atoms with Gasteiger partial charge in [0, 0.05) is 18.0 Å². The van der Waals surface area contributed by atoms with Gasteiger partial charge in [-0.2, -0.15) is 0 Å². The molecule has 3 aromatic carbocycles. The molecular weight excluding hydrogens is 350 g/mol. The van der Waals surface area contributed by atoms with E-state index in [1.807, 2.05) is 78.9 Å². The molecule has 1 aliphatic rings. The maximum Gasteiger partial charge on any atom is 0.309 e. The van der Waals surface area contributed by atoms with Crippen LogP contribution in [-0.2, 0) is 4.79 Å². The molecule has 0 aliphatic carbocycles. The zero-order valence-electron chi connectivity index (χ0n) is 15.3. The Kier molecular flexibility index (Phi) is 4.94. The van der Waals surface area contributed by atoms with Crippen LogP contribution in [0, 0.1) is 5.92 Å². The van der Waals surface area contributed by atoms with Crippen LogP contribution in [0.3, 0.4) is 0 Å². The number of carboxylic acids is 1. The zero-order valence-corrected chi connectivity index (χ0v) is 15.3. The second-order valence-electron chi connectivity index (χ2n) is 7.06. The third-order valence-corrected chi connectivity index (χ3v) is 5.43. The number of amides is 1. The van der Waals surface area contributed by atoms with E-state index in [-0.39, 0.29) is 24.4 Å². The number of likely N-dealkylation sites (tertiary alicyclic amines) is 1. The van der Waals surface area contributed by atoms with Crippen LogP contribution >= 0.6 is 0 Å². The van der Waals surface area contributed by atoms with Crippen LogP contribution in [0.5, 0.6) is 0 Å². The first-order valence-electron chi connectivity index (χ1n) is 9.35. The fourth-order valence-corrected chi connectivity index (χ4v) is 4.17. The molecule has 0 spiro atoms. The number of hydrogen-bond donors (Lipinski definition) is 1. The van der Waals surface area contributed by atoms with Gasteiger partial charge in [-0.3, -0.25) is 9.59 Å². The zero-order chi connectivity index (χ0) is 19.5. The minimum absolute atomic E-state index is 0.140. The normalized spacial score (nSPS) is 21.4. The molecule has 0 aromatic heterocycles. The van der Waals surface area contributed by atoms with E-state index in [0.717, 1.165) is 11.1 Å². The predicted molar refractivity (Wildman–Crippen MR) is 107 cm³/mol. The SMILES string of the molecule is O=C(O)C1CN(C(=O)c2ccccc2)C(c2ccccc2)C1c1ccccc1. The summed E-state index contributed by atoms with van der Waals surface area (Å²) in [5, 5.41) is 9.94. The van der Waals surface area contributed by atoms with Crippen LogP contribution < -0.4 is 0 Å². The van der Waals surface area contributed by atoms with Crippen LogP contribution in [0.25, 0.3) is 0 Å². The maximum absolute atomic E-state index is 13.3. The minimum Gasteiger partial charge on any atom is -0.481 e. The Morgan fingerprint density at radius 1 is 0.750 bits per heavy atom. The lowest BCUT2D eigenvalue weighted by Gasteiger charge is -2.29. The van der Waals surface area contributed by atoms with Crippen molar-refractivity contribution in [1.82, 2.24) is 4.90 Å². The van der Waals surface area contributed by atoms with Crippen molar-refractivity contribution in [1.29, 1.82) is 0 Å². The predicted octanol–water partition coefficient (Wildman–Crippen LogP) is 4.37. The Morgan fingerprint density at radius 2 is 1.25 bits per heavy atom. The third kappa shape index (κ3) is 3.29. The van der Waals surface area contributed by atoms with E-state index in [4.69, 9.17) is 0 Å². The van der Waals surface area contributed by atoms with Gasteiger partial charge in [-0.25, -0.2) is 0 Å². The van der Waals surface area contributed by atoms with Crippen molar-refractivity contribution in [2.45, 2.75) is 12.0 Å². The van der Waals surface area contributed by atoms with Crippen molar-refractivity contribution in [3.63, 3.8) is 0 Å². The third-order valence-electron chi connectivity index (χ3n) is 5.43. The van der Waals surface area contributed by atoms with Crippen molar-refractivity contribution < 1.29 is 14.7 Å². The standard InChI is InChI=1S/C24H21NO3/c26-23(19-14-8-3-9-15-19)25-16-20(24(27)28)21(17-10-4-1-5-11-17)22(25)18-12-6-2-7-13-18/h1-15,20-22H,16H2,(H,27,28). The van der Waals surface area contributed by atoms with E-state index in [9.17, 15) is 14.7 Å². The lowest BCUT2D eigenvalue weighted by Crippen LogP contribution is -2.32. The van der Waals surface area contributed by atoms with E-state index in [1.165, 1.54) is 0 Å². The Bertz CT molecular complexity index is 957. The summed E-state index contributed by atoms with van der Waals surface area (Å²) in [6, 6.07) is 28.1. The summed E-state index contributed by atoms with van der Waals surface area (Å²) >= 11 is 0. The number of hydrogen-bond acceptors (Lipinski definition) is 2. The van der Waals surface area contributed by atoms with Crippen LogP contribution in [0.4, 0.5) is 0 Å². The first kappa shape index (κ1) is 18.0. The molecule has 0 saturated carbocycles. The van der Waals surface area contributed by atoms with Gasteiger partial charge in [0.1, 0.15) is 0 Å². The number of carbonyl (C=O) groups is 2. The molecule has 1 N–H and O–H groups in total. The molecule has 1 saturated heterocycles. The molecule has 1 heterocycles. The topological polar surface area (TPSA) is 57.6 Å². The Morgan fingerprint density at radius 3 is 1.79 bits per heavy atom. The number of nitrogens with zero attached hydrogens (tertiary/aromatic N) is 1. The Hall–Kier alpha value is -3.40. The van der Waals surface area contributed by atoms with Gasteiger partial charge in [0.2, 0.25) is 0 Å². The minimum atomic E-state index is -0.877. The van der Waals surface area contributed by atoms with Crippen molar-refractivity contribution in [3.05, 3.63) is 108 Å². The summed E-state index contributed by atoms with van der Waals surface area (Å²) in [6.45, 7) is 0.183. The summed E-state index contributed by atoms with van der Waals surface area (Å²) in [7, 11) is 0. The van der Waals surface area contributed by atoms with Crippen LogP contribution in [-0.4, -0.2) is 28.4 Å². The van der Waals surface area contributed by atoms with Gasteiger partial charge in [0.05, 0.1) is 12.0 Å². The van der Waals surface area contributed by atoms with Crippen molar-refractivity contribution in [2.75, 3.05) is 6.54 Å². The molecule has 4 rings (SSSR count). The van der Waals surface area contributed by atoms with E-state index >= 15 is 0 Å². The summed E-state index contributed by atoms with van der Waals surface area (Å²) < 4.78 is 0. The van der Waals surface area contributed by atoms with Crippen LogP contribution in [0.15, 0.2) is 91.0 Å². The second kappa shape index (κ2) is 7.69. The molecule has 140 valence electrons. The molecule has 4 nitrogen and oxygen atoms in total. The van der Waals surface area contributed by atoms with Crippen molar-refractivity contribution in [2.24, 2.45) is 5.92 Å². The smallest absolute Gasteiger partial charge is 0.309 e. The highest BCUT2D eigenvalue weighted by Crippen LogP contribution is 2.47. The molecule has 0 bridgehead atoms. The molecule has 1 amide bonds. The van der Waals surface area contributed by atoms with E-state index < -0.39 is 11.9 Å². The first-order valence-corrected chi connectivity index (χ1v) is 9.35. The largest absolute Gasteiger partial charge is 0.481 e. The summed E-state index contributed by atoms with van der Waals surface area (Å²) in [5.74, 6) is -1.99. The van der Waals surface area contributed by atoms with Gasteiger partial charge in [-0.15, -0.1) is 0 Å². The second-order valence-corrected chi connectivity index (χ2v) is 7.06. The van der Waals surface area contributed by atoms with Gasteiger partial charge >= 0.3 is 5.97 Å². The van der Waals surface area contributed by atoms with E-state index in [1.54, 1.807) is 17.0 Å². The molecule has 3 atom stereocenters. The van der Waals surface area contributed by atoms with Crippen LogP contribution in [0.1, 0.15) is 33.4 Å². The number of carboxylic acid groups (broad SMARTS) is 1. The van der Waals surface area contributed by atoms with Gasteiger partial charge in [-0.1, -0.05) is 78.9 Å². The van der Waals surface area contributed by atoms with Crippen molar-refractivity contribution >= 4 is 11.9 Å². The van der Waals surface area contributed by atoms with E-state index in [2.05, 4.69) is 0 Å². The highest BCUT2D eigenvalue weighted by Gasteiger charge is 2.48. The summed E-state index contributed by atoms with van der Waals surface area (Å²) in [5.41, 5.74) is 2.46. The molecule has 3 aromatic rings. The fraction of sp³-hybridized carbons (Fsp3) is 0.167. The van der Waals surface area contributed by atoms with Gasteiger partial charge in [-0.05, 0) is 23.3 Å². The van der Waals surface area contributed by atoms with Crippen LogP contribution in [0.2, 0.25) is 0 Å².